The van der Waals surface area contributed by atoms with Crippen LogP contribution in [-0.2, 0) is 0 Å². The maximum absolute atomic E-state index is 7.00. The van der Waals surface area contributed by atoms with Crippen LogP contribution in [0.1, 0.15) is 44.9 Å². The maximum Gasteiger partial charge on any atom is 0.0319 e. The molecule has 72 valence electrons. The molecule has 0 bridgehead atoms. The first-order chi connectivity index (χ1) is 5.93. The van der Waals surface area contributed by atoms with E-state index in [0.717, 1.165) is 13.0 Å². The largest absolute Gasteiger partial charge is 0.400 e. The van der Waals surface area contributed by atoms with E-state index in [1.807, 2.05) is 0 Å². The second-order valence-corrected chi connectivity index (χ2v) is 3.37. The fourth-order valence-corrected chi connectivity index (χ4v) is 1.83. The van der Waals surface area contributed by atoms with Gasteiger partial charge in [-0.1, -0.05) is 38.2 Å². The van der Waals surface area contributed by atoms with Gasteiger partial charge in [0.25, 0.3) is 0 Å². The molecule has 1 aliphatic carbocycles. The molecule has 0 amide bonds. The minimum Gasteiger partial charge on any atom is -0.400 e. The molecule has 0 radical (unpaired) electrons. The van der Waals surface area contributed by atoms with Gasteiger partial charge in [-0.15, -0.1) is 6.58 Å². The van der Waals surface area contributed by atoms with Crippen molar-refractivity contribution >= 4 is 0 Å². The lowest BCUT2D eigenvalue weighted by Crippen LogP contribution is -2.05. The lowest BCUT2D eigenvalue weighted by molar-refractivity contribution is 0.341. The lowest BCUT2D eigenvalue weighted by Gasteiger charge is -2.20. The van der Waals surface area contributed by atoms with Crippen LogP contribution in [0.25, 0.3) is 0 Å². The smallest absolute Gasteiger partial charge is 0.0319 e. The molecular weight excluding hydrogens is 148 g/mol. The molecule has 1 aliphatic rings. The van der Waals surface area contributed by atoms with Gasteiger partial charge in [-0.3, -0.25) is 0 Å². The fourth-order valence-electron chi connectivity index (χ4n) is 1.83. The standard InChI is InChI=1S/C10H18.CH4O/c1-2-3-7-10-8-5-4-6-9-10;1-2/h2,10H,1,3-9H2;2H,1H3. The van der Waals surface area contributed by atoms with E-state index in [9.17, 15) is 0 Å². The van der Waals surface area contributed by atoms with Gasteiger partial charge < -0.3 is 5.11 Å². The van der Waals surface area contributed by atoms with Crippen molar-refractivity contribution in [2.45, 2.75) is 44.9 Å². The predicted octanol–water partition coefficient (Wildman–Crippen LogP) is 3.14. The Balaban J connectivity index is 0.000000561. The molecule has 0 aromatic heterocycles. The Kier molecular flexibility index (Phi) is 8.57. The first kappa shape index (κ1) is 11.7. The van der Waals surface area contributed by atoms with Gasteiger partial charge in [-0.25, -0.2) is 0 Å². The summed E-state index contributed by atoms with van der Waals surface area (Å²) in [5.74, 6) is 1.03. The number of rotatable bonds is 3. The molecule has 0 spiro atoms. The van der Waals surface area contributed by atoms with Crippen LogP contribution in [0.2, 0.25) is 0 Å². The summed E-state index contributed by atoms with van der Waals surface area (Å²) in [6.07, 6.45) is 12.1. The summed E-state index contributed by atoms with van der Waals surface area (Å²) >= 11 is 0. The van der Waals surface area contributed by atoms with E-state index in [-0.39, 0.29) is 0 Å². The molecule has 1 rings (SSSR count). The summed E-state index contributed by atoms with van der Waals surface area (Å²) in [4.78, 5) is 0. The Morgan fingerprint density at radius 3 is 2.33 bits per heavy atom. The monoisotopic (exact) mass is 170 g/mol. The topological polar surface area (TPSA) is 20.2 Å². The van der Waals surface area contributed by atoms with Gasteiger partial charge in [0.1, 0.15) is 0 Å². The Labute approximate surface area is 76.5 Å². The second kappa shape index (κ2) is 8.79. The van der Waals surface area contributed by atoms with E-state index >= 15 is 0 Å². The van der Waals surface area contributed by atoms with Crippen molar-refractivity contribution in [2.75, 3.05) is 7.11 Å². The van der Waals surface area contributed by atoms with Crippen molar-refractivity contribution in [3.8, 4) is 0 Å². The third-order valence-corrected chi connectivity index (χ3v) is 2.50. The van der Waals surface area contributed by atoms with Gasteiger partial charge in [0.05, 0.1) is 0 Å². The van der Waals surface area contributed by atoms with Crippen LogP contribution in [0.5, 0.6) is 0 Å². The SMILES string of the molecule is C=CCCC1CCCCC1.CO. The van der Waals surface area contributed by atoms with E-state index in [1.54, 1.807) is 0 Å². The average molecular weight is 170 g/mol. The van der Waals surface area contributed by atoms with Crippen molar-refractivity contribution in [1.82, 2.24) is 0 Å². The van der Waals surface area contributed by atoms with Crippen LogP contribution in [-0.4, -0.2) is 12.2 Å². The minimum absolute atomic E-state index is 1.00. The summed E-state index contributed by atoms with van der Waals surface area (Å²) in [6, 6.07) is 0. The van der Waals surface area contributed by atoms with Crippen molar-refractivity contribution in [3.63, 3.8) is 0 Å². The summed E-state index contributed by atoms with van der Waals surface area (Å²) in [5.41, 5.74) is 0. The zero-order chi connectivity index (χ0) is 9.23. The third kappa shape index (κ3) is 5.36. The summed E-state index contributed by atoms with van der Waals surface area (Å²) < 4.78 is 0. The Bertz CT molecular complexity index is 93.2. The number of aliphatic hydroxyl groups excluding tert-OH is 1. The number of hydrogen-bond donors (Lipinski definition) is 1. The molecule has 1 saturated carbocycles. The van der Waals surface area contributed by atoms with E-state index < -0.39 is 0 Å². The summed E-state index contributed by atoms with van der Waals surface area (Å²) in [6.45, 7) is 3.75. The van der Waals surface area contributed by atoms with Crippen LogP contribution < -0.4 is 0 Å². The highest BCUT2D eigenvalue weighted by Gasteiger charge is 2.11. The number of allylic oxidation sites excluding steroid dienone is 1. The van der Waals surface area contributed by atoms with Gasteiger partial charge in [0.2, 0.25) is 0 Å². The second-order valence-electron chi connectivity index (χ2n) is 3.37. The molecule has 0 saturated heterocycles. The van der Waals surface area contributed by atoms with Gasteiger partial charge in [0.15, 0.2) is 0 Å². The minimum atomic E-state index is 1.00. The first-order valence-corrected chi connectivity index (χ1v) is 4.99. The third-order valence-electron chi connectivity index (χ3n) is 2.50. The van der Waals surface area contributed by atoms with E-state index in [4.69, 9.17) is 5.11 Å². The molecule has 0 aliphatic heterocycles. The zero-order valence-electron chi connectivity index (χ0n) is 8.26. The Morgan fingerprint density at radius 2 is 1.83 bits per heavy atom. The van der Waals surface area contributed by atoms with E-state index in [0.29, 0.717) is 0 Å². The highest BCUT2D eigenvalue weighted by molar-refractivity contribution is 4.72. The van der Waals surface area contributed by atoms with Crippen LogP contribution in [0.15, 0.2) is 12.7 Å². The quantitative estimate of drug-likeness (QED) is 0.645. The summed E-state index contributed by atoms with van der Waals surface area (Å²) in [5, 5.41) is 7.00. The normalized spacial score (nSPS) is 17.8. The van der Waals surface area contributed by atoms with Crippen LogP contribution in [0.3, 0.4) is 0 Å². The molecule has 0 unspecified atom stereocenters. The molecule has 1 N–H and O–H groups in total. The zero-order valence-corrected chi connectivity index (χ0v) is 8.26. The molecular formula is C11H22O. The molecule has 1 fully saturated rings. The van der Waals surface area contributed by atoms with Gasteiger partial charge in [0, 0.05) is 7.11 Å². The number of aliphatic hydroxyl groups is 1. The highest BCUT2D eigenvalue weighted by Crippen LogP contribution is 2.27. The first-order valence-electron chi connectivity index (χ1n) is 4.99. The van der Waals surface area contributed by atoms with Crippen molar-refractivity contribution in [2.24, 2.45) is 5.92 Å². The lowest BCUT2D eigenvalue weighted by atomic mass is 9.86. The molecule has 0 aromatic carbocycles. The molecule has 0 heterocycles. The molecule has 12 heavy (non-hydrogen) atoms. The van der Waals surface area contributed by atoms with Crippen molar-refractivity contribution in [3.05, 3.63) is 12.7 Å². The Hall–Kier alpha value is -0.300. The van der Waals surface area contributed by atoms with Crippen LogP contribution in [0.4, 0.5) is 0 Å². The van der Waals surface area contributed by atoms with Gasteiger partial charge in [-0.05, 0) is 18.8 Å². The average Bonchev–Trinajstić information content (AvgIpc) is 2.19. The Morgan fingerprint density at radius 1 is 1.25 bits per heavy atom. The van der Waals surface area contributed by atoms with Crippen molar-refractivity contribution in [1.29, 1.82) is 0 Å². The predicted molar refractivity (Wildman–Crippen MR) is 54.1 cm³/mol. The molecule has 1 heteroatoms. The molecule has 1 nitrogen and oxygen atoms in total. The summed E-state index contributed by atoms with van der Waals surface area (Å²) in [7, 11) is 1.00. The maximum atomic E-state index is 7.00. The number of hydrogen-bond acceptors (Lipinski definition) is 1. The van der Waals surface area contributed by atoms with E-state index in [2.05, 4.69) is 12.7 Å². The fraction of sp³-hybridized carbons (Fsp3) is 0.818. The van der Waals surface area contributed by atoms with E-state index in [1.165, 1.54) is 44.9 Å². The van der Waals surface area contributed by atoms with Crippen LogP contribution in [0, 0.1) is 5.92 Å². The van der Waals surface area contributed by atoms with Crippen molar-refractivity contribution < 1.29 is 5.11 Å². The molecule has 0 aromatic rings. The van der Waals surface area contributed by atoms with Gasteiger partial charge >= 0.3 is 0 Å². The van der Waals surface area contributed by atoms with Gasteiger partial charge in [-0.2, -0.15) is 0 Å². The van der Waals surface area contributed by atoms with Crippen LogP contribution >= 0.6 is 0 Å². The highest BCUT2D eigenvalue weighted by atomic mass is 16.2. The molecule has 0 atom stereocenters.